The molecule has 2 heterocycles. The van der Waals surface area contributed by atoms with Crippen LogP contribution in [0.25, 0.3) is 0 Å². The predicted molar refractivity (Wildman–Crippen MR) is 93.5 cm³/mol. The van der Waals surface area contributed by atoms with Crippen molar-refractivity contribution in [3.63, 3.8) is 0 Å². The standard InChI is InChI=1S/C17H24ClN3OS/c18-14-4-3-13(23-14)10-20-5-7-21(8-6-20)17(22)15-11-1-2-12(9-11)16(15)19/h3-4,11-12,15-16H,1-2,5-10,19H2. The van der Waals surface area contributed by atoms with Crippen molar-refractivity contribution in [3.8, 4) is 0 Å². The molecule has 1 aromatic rings. The number of rotatable bonds is 3. The molecule has 4 rings (SSSR count). The van der Waals surface area contributed by atoms with E-state index in [0.29, 0.717) is 17.7 Å². The molecular formula is C17H24ClN3OS. The number of thiophene rings is 1. The highest BCUT2D eigenvalue weighted by molar-refractivity contribution is 7.16. The van der Waals surface area contributed by atoms with E-state index in [1.165, 1.54) is 24.1 Å². The molecule has 0 radical (unpaired) electrons. The third-order valence-corrected chi connectivity index (χ3v) is 7.17. The lowest BCUT2D eigenvalue weighted by molar-refractivity contribution is -0.139. The van der Waals surface area contributed by atoms with Crippen LogP contribution in [-0.4, -0.2) is 47.9 Å². The van der Waals surface area contributed by atoms with Crippen LogP contribution in [0, 0.1) is 17.8 Å². The van der Waals surface area contributed by atoms with Crippen molar-refractivity contribution in [1.29, 1.82) is 0 Å². The zero-order valence-corrected chi connectivity index (χ0v) is 14.9. The van der Waals surface area contributed by atoms with Crippen LogP contribution in [0.1, 0.15) is 24.1 Å². The molecule has 1 aromatic heterocycles. The van der Waals surface area contributed by atoms with Crippen LogP contribution in [0.2, 0.25) is 4.34 Å². The molecule has 6 heteroatoms. The Bertz CT molecular complexity index is 582. The third-order valence-electron chi connectivity index (χ3n) is 5.96. The van der Waals surface area contributed by atoms with Gasteiger partial charge in [-0.1, -0.05) is 11.6 Å². The monoisotopic (exact) mass is 353 g/mol. The molecule has 2 bridgehead atoms. The summed E-state index contributed by atoms with van der Waals surface area (Å²) in [7, 11) is 0. The average molecular weight is 354 g/mol. The Morgan fingerprint density at radius 3 is 2.57 bits per heavy atom. The molecular weight excluding hydrogens is 330 g/mol. The van der Waals surface area contributed by atoms with Crippen molar-refractivity contribution >= 4 is 28.8 Å². The molecule has 1 aliphatic heterocycles. The van der Waals surface area contributed by atoms with Crippen molar-refractivity contribution in [3.05, 3.63) is 21.3 Å². The molecule has 2 saturated carbocycles. The number of halogens is 1. The van der Waals surface area contributed by atoms with Gasteiger partial charge in [-0.2, -0.15) is 0 Å². The Labute approximate surface area is 146 Å². The highest BCUT2D eigenvalue weighted by Crippen LogP contribution is 2.48. The molecule has 2 N–H and O–H groups in total. The van der Waals surface area contributed by atoms with E-state index in [-0.39, 0.29) is 12.0 Å². The Morgan fingerprint density at radius 1 is 1.22 bits per heavy atom. The highest BCUT2D eigenvalue weighted by Gasteiger charge is 2.50. The summed E-state index contributed by atoms with van der Waals surface area (Å²) in [6.45, 7) is 4.48. The lowest BCUT2D eigenvalue weighted by atomic mass is 9.84. The molecule has 4 nitrogen and oxygen atoms in total. The van der Waals surface area contributed by atoms with Gasteiger partial charge in [-0.25, -0.2) is 0 Å². The zero-order valence-electron chi connectivity index (χ0n) is 13.3. The molecule has 126 valence electrons. The van der Waals surface area contributed by atoms with Crippen molar-refractivity contribution in [2.45, 2.75) is 31.8 Å². The molecule has 0 aromatic carbocycles. The lowest BCUT2D eigenvalue weighted by Gasteiger charge is -2.38. The Morgan fingerprint density at radius 2 is 1.96 bits per heavy atom. The maximum atomic E-state index is 12.9. The summed E-state index contributed by atoms with van der Waals surface area (Å²) in [6.07, 6.45) is 3.61. The lowest BCUT2D eigenvalue weighted by Crippen LogP contribution is -2.53. The first-order valence-electron chi connectivity index (χ1n) is 8.63. The molecule has 4 unspecified atom stereocenters. The number of nitrogens with zero attached hydrogens (tertiary/aromatic N) is 2. The van der Waals surface area contributed by atoms with Crippen molar-refractivity contribution < 1.29 is 4.79 Å². The fourth-order valence-corrected chi connectivity index (χ4v) is 5.83. The van der Waals surface area contributed by atoms with Gasteiger partial charge < -0.3 is 10.6 Å². The molecule has 2 aliphatic carbocycles. The molecule has 3 aliphatic rings. The molecule has 3 fully saturated rings. The van der Waals surface area contributed by atoms with Gasteiger partial charge in [0.25, 0.3) is 0 Å². The van der Waals surface area contributed by atoms with Gasteiger partial charge in [0.1, 0.15) is 0 Å². The largest absolute Gasteiger partial charge is 0.340 e. The average Bonchev–Trinajstić information content (AvgIpc) is 3.24. The van der Waals surface area contributed by atoms with Crippen LogP contribution >= 0.6 is 22.9 Å². The SMILES string of the molecule is NC1C2CCC(C2)C1C(=O)N1CCN(Cc2ccc(Cl)s2)CC1. The first-order chi connectivity index (χ1) is 11.1. The number of amides is 1. The van der Waals surface area contributed by atoms with Gasteiger partial charge in [-0.05, 0) is 43.2 Å². The van der Waals surface area contributed by atoms with E-state index in [2.05, 4.69) is 15.9 Å². The van der Waals surface area contributed by atoms with Crippen LogP contribution in [0.3, 0.4) is 0 Å². The first-order valence-corrected chi connectivity index (χ1v) is 9.82. The van der Waals surface area contributed by atoms with Crippen molar-refractivity contribution in [2.24, 2.45) is 23.5 Å². The van der Waals surface area contributed by atoms with Crippen LogP contribution in [0.5, 0.6) is 0 Å². The number of hydrogen-bond acceptors (Lipinski definition) is 4. The minimum Gasteiger partial charge on any atom is -0.340 e. The maximum Gasteiger partial charge on any atom is 0.227 e. The summed E-state index contributed by atoms with van der Waals surface area (Å²) in [5.74, 6) is 1.56. The third kappa shape index (κ3) is 3.04. The minimum absolute atomic E-state index is 0.0939. The van der Waals surface area contributed by atoms with E-state index in [1.54, 1.807) is 11.3 Å². The van der Waals surface area contributed by atoms with Gasteiger partial charge in [-0.3, -0.25) is 9.69 Å². The molecule has 4 atom stereocenters. The van der Waals surface area contributed by atoms with Crippen LogP contribution in [-0.2, 0) is 11.3 Å². The fraction of sp³-hybridized carbons (Fsp3) is 0.706. The quantitative estimate of drug-likeness (QED) is 0.907. The van der Waals surface area contributed by atoms with Gasteiger partial charge >= 0.3 is 0 Å². The van der Waals surface area contributed by atoms with Gasteiger partial charge in [0.2, 0.25) is 5.91 Å². The van der Waals surface area contributed by atoms with Crippen LogP contribution < -0.4 is 5.73 Å². The van der Waals surface area contributed by atoms with Gasteiger partial charge in [0.05, 0.1) is 10.3 Å². The summed E-state index contributed by atoms with van der Waals surface area (Å²) in [5, 5.41) is 0. The number of piperazine rings is 1. The van der Waals surface area contributed by atoms with Crippen molar-refractivity contribution in [2.75, 3.05) is 26.2 Å². The number of hydrogen-bond donors (Lipinski definition) is 1. The second-order valence-electron chi connectivity index (χ2n) is 7.24. The van der Waals surface area contributed by atoms with Crippen LogP contribution in [0.15, 0.2) is 12.1 Å². The topological polar surface area (TPSA) is 49.6 Å². The summed E-state index contributed by atoms with van der Waals surface area (Å²) < 4.78 is 0.846. The molecule has 23 heavy (non-hydrogen) atoms. The van der Waals surface area contributed by atoms with Gasteiger partial charge in [0.15, 0.2) is 0 Å². The second-order valence-corrected chi connectivity index (χ2v) is 9.04. The fourth-order valence-electron chi connectivity index (χ4n) is 4.70. The van der Waals surface area contributed by atoms with Gasteiger partial charge in [0, 0.05) is 43.6 Å². The first kappa shape index (κ1) is 15.9. The summed E-state index contributed by atoms with van der Waals surface area (Å²) >= 11 is 7.64. The zero-order chi connectivity index (χ0) is 16.0. The van der Waals surface area contributed by atoms with Crippen molar-refractivity contribution in [1.82, 2.24) is 9.80 Å². The molecule has 0 spiro atoms. The second kappa shape index (κ2) is 6.36. The Hall–Kier alpha value is -0.620. The minimum atomic E-state index is 0.0939. The normalized spacial score (nSPS) is 34.3. The smallest absolute Gasteiger partial charge is 0.227 e. The number of carbonyl (C=O) groups is 1. The van der Waals surface area contributed by atoms with E-state index >= 15 is 0 Å². The number of nitrogens with two attached hydrogens (primary N) is 1. The Kier molecular flexibility index (Phi) is 4.39. The van der Waals surface area contributed by atoms with E-state index in [1.807, 2.05) is 6.07 Å². The van der Waals surface area contributed by atoms with Gasteiger partial charge in [-0.15, -0.1) is 11.3 Å². The summed E-state index contributed by atoms with van der Waals surface area (Å²) in [6, 6.07) is 4.16. The van der Waals surface area contributed by atoms with Crippen LogP contribution in [0.4, 0.5) is 0 Å². The Balaban J connectivity index is 1.32. The maximum absolute atomic E-state index is 12.9. The number of fused-ring (bicyclic) bond motifs is 2. The summed E-state index contributed by atoms with van der Waals surface area (Å²) in [5.41, 5.74) is 6.33. The van der Waals surface area contributed by atoms with E-state index in [4.69, 9.17) is 17.3 Å². The van der Waals surface area contributed by atoms with E-state index in [0.717, 1.165) is 37.1 Å². The predicted octanol–water partition coefficient (Wildman–Crippen LogP) is 2.42. The molecule has 1 amide bonds. The molecule has 1 saturated heterocycles. The highest BCUT2D eigenvalue weighted by atomic mass is 35.5. The van der Waals surface area contributed by atoms with E-state index < -0.39 is 0 Å². The summed E-state index contributed by atoms with van der Waals surface area (Å²) in [4.78, 5) is 18.6. The number of carbonyl (C=O) groups excluding carboxylic acids is 1. The van der Waals surface area contributed by atoms with E-state index in [9.17, 15) is 4.79 Å².